The molecular weight excluding hydrogens is 296 g/mol. The third kappa shape index (κ3) is 4.34. The lowest BCUT2D eigenvalue weighted by Crippen LogP contribution is -2.07. The Kier molecular flexibility index (Phi) is 4.81. The molecule has 5 heteroatoms. The van der Waals surface area contributed by atoms with Gasteiger partial charge >= 0.3 is 0 Å². The van der Waals surface area contributed by atoms with E-state index in [0.717, 1.165) is 16.7 Å². The summed E-state index contributed by atoms with van der Waals surface area (Å²) in [6, 6.07) is 13.7. The van der Waals surface area contributed by atoms with Gasteiger partial charge in [-0.25, -0.2) is 8.42 Å². The van der Waals surface area contributed by atoms with Crippen LogP contribution in [-0.2, 0) is 27.9 Å². The van der Waals surface area contributed by atoms with E-state index in [0.29, 0.717) is 5.02 Å². The number of aliphatic hydroxyl groups is 1. The Bertz CT molecular complexity index is 661. The molecule has 0 heterocycles. The van der Waals surface area contributed by atoms with Crippen molar-refractivity contribution in [3.8, 4) is 0 Å². The van der Waals surface area contributed by atoms with E-state index in [1.807, 2.05) is 0 Å². The van der Waals surface area contributed by atoms with E-state index in [-0.39, 0.29) is 18.1 Å². The highest BCUT2D eigenvalue weighted by Crippen LogP contribution is 2.15. The first-order valence-electron chi connectivity index (χ1n) is 6.12. The number of sulfone groups is 1. The van der Waals surface area contributed by atoms with E-state index < -0.39 is 9.84 Å². The summed E-state index contributed by atoms with van der Waals surface area (Å²) in [5.74, 6) is -0.0206. The van der Waals surface area contributed by atoms with Crippen LogP contribution in [0.5, 0.6) is 0 Å². The molecule has 2 aromatic rings. The molecule has 0 unspecified atom stereocenters. The molecule has 0 atom stereocenters. The van der Waals surface area contributed by atoms with Crippen LogP contribution in [-0.4, -0.2) is 13.5 Å². The summed E-state index contributed by atoms with van der Waals surface area (Å²) in [7, 11) is -3.23. The van der Waals surface area contributed by atoms with Crippen molar-refractivity contribution >= 4 is 21.4 Å². The summed E-state index contributed by atoms with van der Waals surface area (Å²) in [5, 5.41) is 9.54. The highest BCUT2D eigenvalue weighted by atomic mass is 35.5. The number of hydrogen-bond donors (Lipinski definition) is 1. The van der Waals surface area contributed by atoms with Crippen LogP contribution in [0.2, 0.25) is 5.02 Å². The zero-order valence-corrected chi connectivity index (χ0v) is 12.4. The van der Waals surface area contributed by atoms with Gasteiger partial charge in [0.2, 0.25) is 0 Å². The van der Waals surface area contributed by atoms with Crippen LogP contribution in [0, 0.1) is 0 Å². The van der Waals surface area contributed by atoms with Gasteiger partial charge in [-0.1, -0.05) is 48.0 Å². The molecule has 0 aliphatic carbocycles. The van der Waals surface area contributed by atoms with Gasteiger partial charge < -0.3 is 5.11 Å². The average Bonchev–Trinajstić information content (AvgIpc) is 2.41. The second kappa shape index (κ2) is 6.39. The van der Waals surface area contributed by atoms with Crippen LogP contribution < -0.4 is 0 Å². The van der Waals surface area contributed by atoms with Gasteiger partial charge in [-0.15, -0.1) is 0 Å². The zero-order valence-electron chi connectivity index (χ0n) is 10.8. The predicted octanol–water partition coefficient (Wildman–Crippen LogP) is 2.95. The fraction of sp³-hybridized carbons (Fsp3) is 0.200. The van der Waals surface area contributed by atoms with Crippen molar-refractivity contribution in [1.82, 2.24) is 0 Å². The third-order valence-corrected chi connectivity index (χ3v) is 4.69. The number of benzene rings is 2. The van der Waals surface area contributed by atoms with Crippen molar-refractivity contribution in [2.75, 3.05) is 0 Å². The molecular formula is C15H15ClO3S. The standard InChI is InChI=1S/C15H15ClO3S/c16-15-7-5-14(6-8-15)11-20(18,19)10-13-3-1-12(9-17)2-4-13/h1-8,17H,9-11H2. The van der Waals surface area contributed by atoms with Crippen molar-refractivity contribution in [2.24, 2.45) is 0 Å². The molecule has 3 nitrogen and oxygen atoms in total. The Morgan fingerprint density at radius 2 is 1.20 bits per heavy atom. The maximum absolute atomic E-state index is 12.1. The highest BCUT2D eigenvalue weighted by Gasteiger charge is 2.13. The monoisotopic (exact) mass is 310 g/mol. The molecule has 0 aliphatic rings. The molecule has 2 rings (SSSR count). The number of aliphatic hydroxyl groups excluding tert-OH is 1. The number of hydrogen-bond acceptors (Lipinski definition) is 3. The van der Waals surface area contributed by atoms with Gasteiger partial charge in [0, 0.05) is 5.02 Å². The van der Waals surface area contributed by atoms with Gasteiger partial charge in [0.15, 0.2) is 9.84 Å². The van der Waals surface area contributed by atoms with Gasteiger partial charge in [0.25, 0.3) is 0 Å². The molecule has 0 saturated heterocycles. The second-order valence-corrected chi connectivity index (χ2v) is 7.13. The molecule has 0 fully saturated rings. The summed E-state index contributed by atoms with van der Waals surface area (Å²) in [6.07, 6.45) is 0. The van der Waals surface area contributed by atoms with E-state index in [1.54, 1.807) is 48.5 Å². The van der Waals surface area contributed by atoms with E-state index in [9.17, 15) is 8.42 Å². The molecule has 0 radical (unpaired) electrons. The van der Waals surface area contributed by atoms with Crippen LogP contribution in [0.3, 0.4) is 0 Å². The van der Waals surface area contributed by atoms with Crippen LogP contribution in [0.1, 0.15) is 16.7 Å². The summed E-state index contributed by atoms with van der Waals surface area (Å²) >= 11 is 5.77. The molecule has 106 valence electrons. The van der Waals surface area contributed by atoms with Crippen molar-refractivity contribution in [3.05, 3.63) is 70.2 Å². The molecule has 2 aromatic carbocycles. The van der Waals surface area contributed by atoms with Crippen LogP contribution in [0.15, 0.2) is 48.5 Å². The first-order chi connectivity index (χ1) is 9.48. The Hall–Kier alpha value is -1.36. The largest absolute Gasteiger partial charge is 0.392 e. The topological polar surface area (TPSA) is 54.4 Å². The molecule has 20 heavy (non-hydrogen) atoms. The average molecular weight is 311 g/mol. The van der Waals surface area contributed by atoms with Crippen molar-refractivity contribution in [2.45, 2.75) is 18.1 Å². The zero-order chi connectivity index (χ0) is 14.6. The number of halogens is 1. The van der Waals surface area contributed by atoms with Gasteiger partial charge in [-0.05, 0) is 28.8 Å². The SMILES string of the molecule is O=S(=O)(Cc1ccc(Cl)cc1)Cc1ccc(CO)cc1. The normalized spacial score (nSPS) is 11.5. The van der Waals surface area contributed by atoms with Gasteiger partial charge in [0.05, 0.1) is 18.1 Å². The molecule has 0 bridgehead atoms. The molecule has 0 aliphatic heterocycles. The molecule has 1 N–H and O–H groups in total. The van der Waals surface area contributed by atoms with Gasteiger partial charge in [-0.3, -0.25) is 0 Å². The van der Waals surface area contributed by atoms with E-state index in [1.165, 1.54) is 0 Å². The van der Waals surface area contributed by atoms with Crippen molar-refractivity contribution in [3.63, 3.8) is 0 Å². The quantitative estimate of drug-likeness (QED) is 0.923. The van der Waals surface area contributed by atoms with E-state index in [2.05, 4.69) is 0 Å². The third-order valence-electron chi connectivity index (χ3n) is 2.89. The minimum Gasteiger partial charge on any atom is -0.392 e. The van der Waals surface area contributed by atoms with Crippen LogP contribution >= 0.6 is 11.6 Å². The molecule has 0 aromatic heterocycles. The summed E-state index contributed by atoms with van der Waals surface area (Å²) < 4.78 is 24.3. The maximum Gasteiger partial charge on any atom is 0.158 e. The minimum absolute atomic E-state index is 0.00802. The predicted molar refractivity (Wildman–Crippen MR) is 80.1 cm³/mol. The second-order valence-electron chi connectivity index (χ2n) is 4.63. The summed E-state index contributed by atoms with van der Waals surface area (Å²) in [6.45, 7) is -0.0438. The fourth-order valence-electron chi connectivity index (χ4n) is 1.88. The first kappa shape index (κ1) is 15.0. The Morgan fingerprint density at radius 3 is 1.65 bits per heavy atom. The summed E-state index contributed by atoms with van der Waals surface area (Å²) in [5.41, 5.74) is 2.21. The van der Waals surface area contributed by atoms with E-state index >= 15 is 0 Å². The van der Waals surface area contributed by atoms with Crippen LogP contribution in [0.4, 0.5) is 0 Å². The minimum atomic E-state index is -3.23. The van der Waals surface area contributed by atoms with Gasteiger partial charge in [0.1, 0.15) is 0 Å². The Labute approximate surface area is 123 Å². The fourth-order valence-corrected chi connectivity index (χ4v) is 3.51. The molecule has 0 amide bonds. The Morgan fingerprint density at radius 1 is 0.800 bits per heavy atom. The maximum atomic E-state index is 12.1. The van der Waals surface area contributed by atoms with Crippen molar-refractivity contribution < 1.29 is 13.5 Å². The van der Waals surface area contributed by atoms with Crippen LogP contribution in [0.25, 0.3) is 0 Å². The Balaban J connectivity index is 2.08. The van der Waals surface area contributed by atoms with Gasteiger partial charge in [-0.2, -0.15) is 0 Å². The lowest BCUT2D eigenvalue weighted by atomic mass is 10.2. The van der Waals surface area contributed by atoms with E-state index in [4.69, 9.17) is 16.7 Å². The highest BCUT2D eigenvalue weighted by molar-refractivity contribution is 7.89. The first-order valence-corrected chi connectivity index (χ1v) is 8.32. The molecule has 0 saturated carbocycles. The summed E-state index contributed by atoms with van der Waals surface area (Å²) in [4.78, 5) is 0. The lowest BCUT2D eigenvalue weighted by Gasteiger charge is -2.06. The number of rotatable bonds is 5. The lowest BCUT2D eigenvalue weighted by molar-refractivity contribution is 0.282. The van der Waals surface area contributed by atoms with Crippen molar-refractivity contribution in [1.29, 1.82) is 0 Å². The molecule has 0 spiro atoms. The smallest absolute Gasteiger partial charge is 0.158 e.